The number of rotatable bonds is 5. The molecule has 5 nitrogen and oxygen atoms in total. The minimum absolute atomic E-state index is 0.106. The third-order valence-corrected chi connectivity index (χ3v) is 7.11. The molecule has 0 aliphatic carbocycles. The summed E-state index contributed by atoms with van der Waals surface area (Å²) in [6, 6.07) is 10.9. The van der Waals surface area contributed by atoms with Gasteiger partial charge in [-0.1, -0.05) is 42.0 Å². The van der Waals surface area contributed by atoms with Crippen molar-refractivity contribution in [1.29, 1.82) is 0 Å². The summed E-state index contributed by atoms with van der Waals surface area (Å²) in [5.41, 5.74) is 1.27. The van der Waals surface area contributed by atoms with Gasteiger partial charge >= 0.3 is 18.4 Å². The monoisotopic (exact) mass is 592 g/mol. The molecular formula is C29H23ClF6N4O. The number of nitrogens with zero attached hydrogens (tertiary/aromatic N) is 3. The van der Waals surface area contributed by atoms with Gasteiger partial charge in [-0.15, -0.1) is 0 Å². The number of carbonyl (C=O) groups is 1. The number of halogens is 7. The van der Waals surface area contributed by atoms with Gasteiger partial charge < -0.3 is 5.32 Å². The van der Waals surface area contributed by atoms with Crippen LogP contribution in [0.5, 0.6) is 0 Å². The van der Waals surface area contributed by atoms with E-state index in [1.165, 1.54) is 29.0 Å². The summed E-state index contributed by atoms with van der Waals surface area (Å²) in [6.45, 7) is 1.48. The van der Waals surface area contributed by atoms with E-state index in [1.807, 2.05) is 6.08 Å². The minimum atomic E-state index is -4.58. The lowest BCUT2D eigenvalue weighted by atomic mass is 10.0. The second-order valence-corrected chi connectivity index (χ2v) is 10.0. The molecule has 0 fully saturated rings. The Balaban J connectivity index is 1.38. The van der Waals surface area contributed by atoms with Crippen molar-refractivity contribution in [2.24, 2.45) is 0 Å². The zero-order chi connectivity index (χ0) is 29.4. The summed E-state index contributed by atoms with van der Waals surface area (Å²) in [7, 11) is 0. The van der Waals surface area contributed by atoms with Crippen LogP contribution < -0.4 is 5.32 Å². The second kappa shape index (κ2) is 11.2. The molecule has 3 heterocycles. The number of aromatic nitrogens is 2. The summed E-state index contributed by atoms with van der Waals surface area (Å²) in [6.07, 6.45) is -3.55. The van der Waals surface area contributed by atoms with Gasteiger partial charge in [-0.2, -0.15) is 26.3 Å². The minimum Gasteiger partial charge on any atom is -0.333 e. The summed E-state index contributed by atoms with van der Waals surface area (Å²) in [5, 5.41) is 3.57. The molecule has 0 saturated heterocycles. The Labute approximate surface area is 236 Å². The third-order valence-electron chi connectivity index (χ3n) is 6.91. The van der Waals surface area contributed by atoms with Crippen LogP contribution >= 0.6 is 11.6 Å². The molecule has 2 aromatic heterocycles. The van der Waals surface area contributed by atoms with Gasteiger partial charge in [0.25, 0.3) is 0 Å². The highest BCUT2D eigenvalue weighted by Crippen LogP contribution is 2.36. The highest BCUT2D eigenvalue weighted by atomic mass is 35.5. The molecule has 41 heavy (non-hydrogen) atoms. The van der Waals surface area contributed by atoms with Gasteiger partial charge in [0.2, 0.25) is 0 Å². The van der Waals surface area contributed by atoms with Crippen LogP contribution in [-0.2, 0) is 31.9 Å². The van der Waals surface area contributed by atoms with Crippen LogP contribution in [0.4, 0.5) is 31.1 Å². The molecule has 0 saturated carbocycles. The third kappa shape index (κ3) is 6.41. The zero-order valence-corrected chi connectivity index (χ0v) is 22.1. The van der Waals surface area contributed by atoms with Gasteiger partial charge in [0.15, 0.2) is 0 Å². The average molecular weight is 593 g/mol. The summed E-state index contributed by atoms with van der Waals surface area (Å²) >= 11 is 5.91. The standard InChI is InChI=1S/C29H23ClF6N4O/c30-26-14-19(9-11-37-26)16-38-27(41)40-24-10-13-39(12-1-2-18-3-5-20(6-4-18)28(31,32)33)17-23(24)22-8-7-21(15-25(22)40)29(34,35)36/h1-9,11,14-15H,10,12-13,16-17H2,(H,38,41)/b2-1+. The molecule has 1 N–H and O–H groups in total. The van der Waals surface area contributed by atoms with Crippen molar-refractivity contribution in [2.45, 2.75) is 31.9 Å². The highest BCUT2D eigenvalue weighted by Gasteiger charge is 2.33. The molecule has 2 aromatic carbocycles. The van der Waals surface area contributed by atoms with Crippen molar-refractivity contribution in [3.8, 4) is 0 Å². The van der Waals surface area contributed by atoms with E-state index >= 15 is 0 Å². The second-order valence-electron chi connectivity index (χ2n) is 9.64. The van der Waals surface area contributed by atoms with Crippen molar-refractivity contribution >= 4 is 34.6 Å². The van der Waals surface area contributed by atoms with Crippen LogP contribution in [0.3, 0.4) is 0 Å². The first-order valence-electron chi connectivity index (χ1n) is 12.6. The summed E-state index contributed by atoms with van der Waals surface area (Å²) < 4.78 is 80.4. The molecule has 0 atom stereocenters. The van der Waals surface area contributed by atoms with Gasteiger partial charge in [0.05, 0.1) is 16.6 Å². The number of hydrogen-bond acceptors (Lipinski definition) is 3. The molecular weight excluding hydrogens is 570 g/mol. The number of benzene rings is 2. The van der Waals surface area contributed by atoms with E-state index in [0.717, 1.165) is 29.8 Å². The number of pyridine rings is 1. The smallest absolute Gasteiger partial charge is 0.333 e. The zero-order valence-electron chi connectivity index (χ0n) is 21.4. The van der Waals surface area contributed by atoms with E-state index in [9.17, 15) is 31.1 Å². The van der Waals surface area contributed by atoms with Crippen molar-refractivity contribution in [1.82, 2.24) is 19.8 Å². The largest absolute Gasteiger partial charge is 0.416 e. The molecule has 5 rings (SSSR count). The molecule has 1 amide bonds. The first kappa shape index (κ1) is 28.7. The number of carbonyl (C=O) groups excluding carboxylic acids is 1. The van der Waals surface area contributed by atoms with Crippen molar-refractivity contribution in [2.75, 3.05) is 13.1 Å². The maximum absolute atomic E-state index is 13.6. The molecule has 1 aliphatic heterocycles. The van der Waals surface area contributed by atoms with Crippen LogP contribution in [0.25, 0.3) is 17.0 Å². The van der Waals surface area contributed by atoms with Gasteiger partial charge in [0.1, 0.15) is 5.15 Å². The van der Waals surface area contributed by atoms with E-state index in [1.54, 1.807) is 18.2 Å². The summed E-state index contributed by atoms with van der Waals surface area (Å²) in [4.78, 5) is 19.3. The topological polar surface area (TPSA) is 50.2 Å². The normalized spacial score (nSPS) is 14.5. The Morgan fingerprint density at radius 1 is 0.976 bits per heavy atom. The van der Waals surface area contributed by atoms with Crippen molar-refractivity contribution in [3.05, 3.63) is 106 Å². The van der Waals surface area contributed by atoms with Crippen LogP contribution in [0.2, 0.25) is 5.15 Å². The average Bonchev–Trinajstić information content (AvgIpc) is 3.24. The van der Waals surface area contributed by atoms with Gasteiger partial charge in [-0.25, -0.2) is 9.78 Å². The number of nitrogens with one attached hydrogen (secondary N) is 1. The van der Waals surface area contributed by atoms with Gasteiger partial charge in [-0.3, -0.25) is 9.47 Å². The first-order valence-corrected chi connectivity index (χ1v) is 13.0. The van der Waals surface area contributed by atoms with E-state index in [4.69, 9.17) is 11.6 Å². The Bertz CT molecular complexity index is 1610. The van der Waals surface area contributed by atoms with E-state index in [0.29, 0.717) is 48.3 Å². The fraction of sp³-hybridized carbons (Fsp3) is 0.241. The maximum atomic E-state index is 13.6. The van der Waals surface area contributed by atoms with Gasteiger partial charge in [0, 0.05) is 49.9 Å². The molecule has 4 aromatic rings. The van der Waals surface area contributed by atoms with Crippen LogP contribution in [0.1, 0.15) is 33.5 Å². The fourth-order valence-corrected chi connectivity index (χ4v) is 5.10. The predicted octanol–water partition coefficient (Wildman–Crippen LogP) is 7.56. The molecule has 0 radical (unpaired) electrons. The Morgan fingerprint density at radius 2 is 1.68 bits per heavy atom. The quantitative estimate of drug-likeness (QED) is 0.192. The SMILES string of the molecule is O=C(NCc1ccnc(Cl)c1)n1c2c(c3ccc(C(F)(F)F)cc31)CN(C/C=C/c1ccc(C(F)(F)F)cc1)CC2. The molecule has 0 spiro atoms. The van der Waals surface area contributed by atoms with Crippen molar-refractivity contribution in [3.63, 3.8) is 0 Å². The van der Waals surface area contributed by atoms with E-state index < -0.39 is 29.5 Å². The number of alkyl halides is 6. The lowest BCUT2D eigenvalue weighted by molar-refractivity contribution is -0.138. The van der Waals surface area contributed by atoms with E-state index in [-0.39, 0.29) is 17.2 Å². The molecule has 214 valence electrons. The number of fused-ring (bicyclic) bond motifs is 3. The van der Waals surface area contributed by atoms with Crippen LogP contribution in [0.15, 0.2) is 66.9 Å². The van der Waals surface area contributed by atoms with Crippen molar-refractivity contribution < 1.29 is 31.1 Å². The number of hydrogen-bond donors (Lipinski definition) is 1. The predicted molar refractivity (Wildman–Crippen MR) is 143 cm³/mol. The van der Waals surface area contributed by atoms with E-state index in [2.05, 4.69) is 15.2 Å². The lowest BCUT2D eigenvalue weighted by Crippen LogP contribution is -2.34. The van der Waals surface area contributed by atoms with Gasteiger partial charge in [-0.05, 0) is 53.1 Å². The molecule has 1 aliphatic rings. The number of amides is 1. The highest BCUT2D eigenvalue weighted by molar-refractivity contribution is 6.29. The Kier molecular flexibility index (Phi) is 7.85. The maximum Gasteiger partial charge on any atom is 0.416 e. The molecule has 0 bridgehead atoms. The molecule has 0 unspecified atom stereocenters. The molecule has 12 heteroatoms. The first-order chi connectivity index (χ1) is 19.4. The fourth-order valence-electron chi connectivity index (χ4n) is 4.91. The summed E-state index contributed by atoms with van der Waals surface area (Å²) in [5.74, 6) is 0. The van der Waals surface area contributed by atoms with Crippen LogP contribution in [-0.4, -0.2) is 33.6 Å². The Hall–Kier alpha value is -3.83. The lowest BCUT2D eigenvalue weighted by Gasteiger charge is -2.27. The van der Waals surface area contributed by atoms with Crippen LogP contribution in [0, 0.1) is 0 Å². The Morgan fingerprint density at radius 3 is 2.37 bits per heavy atom.